The highest BCUT2D eigenvalue weighted by Crippen LogP contribution is 2.19. The Bertz CT molecular complexity index is 1020. The summed E-state index contributed by atoms with van der Waals surface area (Å²) in [5, 5.41) is 11.7. The van der Waals surface area contributed by atoms with Crippen molar-refractivity contribution in [2.75, 3.05) is 24.3 Å². The largest absolute Gasteiger partial charge is 0.496 e. The molecule has 2 heterocycles. The first-order valence-electron chi connectivity index (χ1n) is 11.2. The Hall–Kier alpha value is -3.13. The van der Waals surface area contributed by atoms with Gasteiger partial charge in [0.15, 0.2) is 0 Å². The number of hydrogen-bond acceptors (Lipinski definition) is 7. The van der Waals surface area contributed by atoms with Crippen molar-refractivity contribution in [2.24, 2.45) is 5.92 Å². The van der Waals surface area contributed by atoms with Crippen molar-refractivity contribution < 1.29 is 9.53 Å². The molecular formula is C25H33N5O2S. The zero-order valence-electron chi connectivity index (χ0n) is 19.7. The lowest BCUT2D eigenvalue weighted by Crippen LogP contribution is -2.40. The van der Waals surface area contributed by atoms with E-state index in [4.69, 9.17) is 4.74 Å². The number of para-hydroxylation sites is 1. The molecule has 0 saturated carbocycles. The number of benzene rings is 1. The molecule has 1 amide bonds. The summed E-state index contributed by atoms with van der Waals surface area (Å²) in [6, 6.07) is 13.5. The van der Waals surface area contributed by atoms with Gasteiger partial charge in [-0.05, 0) is 48.8 Å². The third-order valence-electron chi connectivity index (χ3n) is 5.09. The minimum atomic E-state index is -0.374. The lowest BCUT2D eigenvalue weighted by atomic mass is 10.0. The summed E-state index contributed by atoms with van der Waals surface area (Å²) in [4.78, 5) is 23.1. The second-order valence-electron chi connectivity index (χ2n) is 8.33. The van der Waals surface area contributed by atoms with Crippen molar-refractivity contribution in [3.05, 3.63) is 64.0 Å². The first-order valence-corrected chi connectivity index (χ1v) is 12.1. The van der Waals surface area contributed by atoms with Crippen molar-refractivity contribution >= 4 is 29.0 Å². The maximum Gasteiger partial charge on any atom is 0.242 e. The van der Waals surface area contributed by atoms with Gasteiger partial charge in [-0.15, -0.1) is 11.3 Å². The van der Waals surface area contributed by atoms with Crippen LogP contribution in [0.4, 0.5) is 11.8 Å². The van der Waals surface area contributed by atoms with Crippen LogP contribution in [0.5, 0.6) is 5.75 Å². The average Bonchev–Trinajstić information content (AvgIpc) is 3.30. The summed E-state index contributed by atoms with van der Waals surface area (Å²) >= 11 is 1.63. The topological polar surface area (TPSA) is 88.2 Å². The normalized spacial score (nSPS) is 11.8. The van der Waals surface area contributed by atoms with Crippen molar-refractivity contribution in [3.8, 4) is 5.75 Å². The van der Waals surface area contributed by atoms with Gasteiger partial charge in [0.2, 0.25) is 11.9 Å². The summed E-state index contributed by atoms with van der Waals surface area (Å²) in [5.41, 5.74) is 1.95. The van der Waals surface area contributed by atoms with Gasteiger partial charge in [0, 0.05) is 23.2 Å². The van der Waals surface area contributed by atoms with E-state index in [0.717, 1.165) is 28.3 Å². The molecule has 0 spiro atoms. The molecule has 33 heavy (non-hydrogen) atoms. The second kappa shape index (κ2) is 12.2. The minimum absolute atomic E-state index is 0.0287. The van der Waals surface area contributed by atoms with E-state index in [-0.39, 0.29) is 11.9 Å². The molecule has 3 N–H and O–H groups in total. The maximum atomic E-state index is 12.9. The van der Waals surface area contributed by atoms with Gasteiger partial charge in [-0.1, -0.05) is 38.1 Å². The SMILES string of the molecule is COc1ccccc1CCNc1nc(C)cc(N[C@@H](CC(C)C)C(=O)NCc2cccs2)n1. The lowest BCUT2D eigenvalue weighted by molar-refractivity contribution is -0.122. The Kier molecular flexibility index (Phi) is 9.06. The Balaban J connectivity index is 1.63. The molecule has 1 aromatic carbocycles. The van der Waals surface area contributed by atoms with E-state index in [1.165, 1.54) is 0 Å². The van der Waals surface area contributed by atoms with E-state index in [2.05, 4.69) is 45.8 Å². The number of rotatable bonds is 12. The predicted octanol–water partition coefficient (Wildman–Crippen LogP) is 4.65. The standard InChI is InChI=1S/C25H33N5O2S/c1-17(2)14-21(24(31)27-16-20-9-7-13-33-20)29-23-15-18(3)28-25(30-23)26-12-11-19-8-5-6-10-22(19)32-4/h5-10,13,15,17,21H,11-12,14,16H2,1-4H3,(H,27,31)(H2,26,28,29,30)/t21-/m0/s1. The van der Waals surface area contributed by atoms with Gasteiger partial charge in [-0.3, -0.25) is 4.79 Å². The van der Waals surface area contributed by atoms with Crippen LogP contribution >= 0.6 is 11.3 Å². The van der Waals surface area contributed by atoms with Crippen LogP contribution in [0.2, 0.25) is 0 Å². The molecule has 8 heteroatoms. The van der Waals surface area contributed by atoms with Crippen LogP contribution in [0.15, 0.2) is 47.8 Å². The number of thiophene rings is 1. The number of aryl methyl sites for hydroxylation is 1. The quantitative estimate of drug-likeness (QED) is 0.359. The van der Waals surface area contributed by atoms with Crippen LogP contribution in [-0.2, 0) is 17.8 Å². The molecule has 0 radical (unpaired) electrons. The first kappa shape index (κ1) is 24.5. The van der Waals surface area contributed by atoms with Crippen LogP contribution in [0.1, 0.15) is 36.4 Å². The smallest absolute Gasteiger partial charge is 0.242 e. The maximum absolute atomic E-state index is 12.9. The van der Waals surface area contributed by atoms with Crippen LogP contribution < -0.4 is 20.7 Å². The molecule has 3 rings (SSSR count). The van der Waals surface area contributed by atoms with Crippen LogP contribution in [-0.4, -0.2) is 35.6 Å². The van der Waals surface area contributed by atoms with E-state index in [0.29, 0.717) is 37.2 Å². The summed E-state index contributed by atoms with van der Waals surface area (Å²) in [7, 11) is 1.68. The number of amides is 1. The molecule has 0 aliphatic carbocycles. The third-order valence-corrected chi connectivity index (χ3v) is 5.96. The Morgan fingerprint density at radius 3 is 2.70 bits per heavy atom. The number of nitrogens with zero attached hydrogens (tertiary/aromatic N) is 2. The van der Waals surface area contributed by atoms with Crippen LogP contribution in [0.3, 0.4) is 0 Å². The third kappa shape index (κ3) is 7.75. The number of anilines is 2. The van der Waals surface area contributed by atoms with Crippen molar-refractivity contribution in [1.82, 2.24) is 15.3 Å². The molecule has 7 nitrogen and oxygen atoms in total. The molecule has 1 atom stereocenters. The molecule has 176 valence electrons. The number of hydrogen-bond donors (Lipinski definition) is 3. The summed E-state index contributed by atoms with van der Waals surface area (Å²) in [6.07, 6.45) is 1.49. The van der Waals surface area contributed by atoms with Gasteiger partial charge >= 0.3 is 0 Å². The average molecular weight is 468 g/mol. The monoisotopic (exact) mass is 467 g/mol. The summed E-state index contributed by atoms with van der Waals surface area (Å²) < 4.78 is 5.42. The van der Waals surface area contributed by atoms with Gasteiger partial charge in [-0.2, -0.15) is 4.98 Å². The molecule has 2 aromatic heterocycles. The van der Waals surface area contributed by atoms with E-state index in [1.807, 2.05) is 48.7 Å². The molecule has 0 fully saturated rings. The first-order chi connectivity index (χ1) is 15.9. The lowest BCUT2D eigenvalue weighted by Gasteiger charge is -2.21. The molecule has 3 aromatic rings. The highest BCUT2D eigenvalue weighted by molar-refractivity contribution is 7.09. The fourth-order valence-corrected chi connectivity index (χ4v) is 4.18. The number of carbonyl (C=O) groups excluding carboxylic acids is 1. The van der Waals surface area contributed by atoms with Crippen molar-refractivity contribution in [2.45, 2.75) is 46.2 Å². The fraction of sp³-hybridized carbons (Fsp3) is 0.400. The van der Waals surface area contributed by atoms with E-state index < -0.39 is 0 Å². The van der Waals surface area contributed by atoms with Gasteiger partial charge in [-0.25, -0.2) is 4.98 Å². The van der Waals surface area contributed by atoms with Gasteiger partial charge < -0.3 is 20.7 Å². The Morgan fingerprint density at radius 2 is 1.97 bits per heavy atom. The Labute approximate surface area is 200 Å². The highest BCUT2D eigenvalue weighted by atomic mass is 32.1. The zero-order chi connectivity index (χ0) is 23.6. The van der Waals surface area contributed by atoms with Crippen LogP contribution in [0, 0.1) is 12.8 Å². The van der Waals surface area contributed by atoms with Gasteiger partial charge in [0.05, 0.1) is 13.7 Å². The second-order valence-corrected chi connectivity index (χ2v) is 9.36. The van der Waals surface area contributed by atoms with Crippen LogP contribution in [0.25, 0.3) is 0 Å². The van der Waals surface area contributed by atoms with Crippen molar-refractivity contribution in [1.29, 1.82) is 0 Å². The van der Waals surface area contributed by atoms with Gasteiger partial charge in [0.1, 0.15) is 17.6 Å². The van der Waals surface area contributed by atoms with E-state index in [9.17, 15) is 4.79 Å². The zero-order valence-corrected chi connectivity index (χ0v) is 20.5. The fourth-order valence-electron chi connectivity index (χ4n) is 3.53. The van der Waals surface area contributed by atoms with Gasteiger partial charge in [0.25, 0.3) is 0 Å². The molecule has 0 unspecified atom stereocenters. The summed E-state index contributed by atoms with van der Waals surface area (Å²) in [6.45, 7) is 7.34. The highest BCUT2D eigenvalue weighted by Gasteiger charge is 2.20. The number of aromatic nitrogens is 2. The minimum Gasteiger partial charge on any atom is -0.496 e. The number of nitrogens with one attached hydrogen (secondary N) is 3. The molecule has 0 aliphatic rings. The van der Waals surface area contributed by atoms with Crippen molar-refractivity contribution in [3.63, 3.8) is 0 Å². The molecule has 0 saturated heterocycles. The molecule has 0 aliphatic heterocycles. The van der Waals surface area contributed by atoms with E-state index in [1.54, 1.807) is 18.4 Å². The Morgan fingerprint density at radius 1 is 1.15 bits per heavy atom. The molecular weight excluding hydrogens is 434 g/mol. The summed E-state index contributed by atoms with van der Waals surface area (Å²) in [5.74, 6) is 2.38. The molecule has 0 bridgehead atoms. The number of methoxy groups -OCH3 is 1. The predicted molar refractivity (Wildman–Crippen MR) is 135 cm³/mol. The number of carbonyl (C=O) groups is 1. The van der Waals surface area contributed by atoms with E-state index >= 15 is 0 Å². The number of ether oxygens (including phenoxy) is 1.